The number of carbonyl (C=O) groups excluding carboxylic acids is 1. The van der Waals surface area contributed by atoms with Gasteiger partial charge in [-0.25, -0.2) is 4.68 Å². The number of nitrogens with one attached hydrogen (secondary N) is 1. The molecule has 0 aliphatic carbocycles. The maximum absolute atomic E-state index is 12.8. The van der Waals surface area contributed by atoms with Crippen LogP contribution in [-0.2, 0) is 0 Å². The summed E-state index contributed by atoms with van der Waals surface area (Å²) in [5, 5.41) is 8.72. The molecule has 4 aromatic rings. The molecule has 2 aromatic heterocycles. The highest BCUT2D eigenvalue weighted by Crippen LogP contribution is 2.30. The van der Waals surface area contributed by atoms with Crippen LogP contribution in [0, 0.1) is 6.92 Å². The minimum atomic E-state index is -0.102. The van der Waals surface area contributed by atoms with Gasteiger partial charge in [0.1, 0.15) is 10.6 Å². The number of thiophene rings is 1. The fourth-order valence-corrected chi connectivity index (χ4v) is 4.23. The molecule has 1 N–H and O–H groups in total. The number of fused-ring (bicyclic) bond motifs is 1. The van der Waals surface area contributed by atoms with Crippen molar-refractivity contribution in [3.8, 4) is 11.4 Å². The zero-order valence-electron chi connectivity index (χ0n) is 16.0. The zero-order valence-corrected chi connectivity index (χ0v) is 16.8. The van der Waals surface area contributed by atoms with Crippen LogP contribution in [0.3, 0.4) is 0 Å². The number of aryl methyl sites for hydroxylation is 1. The summed E-state index contributed by atoms with van der Waals surface area (Å²) in [5.41, 5.74) is 2.93. The topological polar surface area (TPSA) is 56.1 Å². The molecular weight excluding hydrogens is 370 g/mol. The van der Waals surface area contributed by atoms with E-state index in [1.54, 1.807) is 7.11 Å². The molecule has 0 fully saturated rings. The van der Waals surface area contributed by atoms with Gasteiger partial charge in [0.15, 0.2) is 0 Å². The number of para-hydroxylation sites is 1. The van der Waals surface area contributed by atoms with Crippen molar-refractivity contribution in [2.24, 2.45) is 0 Å². The zero-order chi connectivity index (χ0) is 19.7. The summed E-state index contributed by atoms with van der Waals surface area (Å²) < 4.78 is 7.09. The van der Waals surface area contributed by atoms with Gasteiger partial charge in [0.05, 0.1) is 29.4 Å². The van der Waals surface area contributed by atoms with Crippen molar-refractivity contribution in [1.29, 1.82) is 0 Å². The number of hydrogen-bond donors (Lipinski definition) is 1. The van der Waals surface area contributed by atoms with E-state index in [1.165, 1.54) is 11.3 Å². The van der Waals surface area contributed by atoms with E-state index in [1.807, 2.05) is 79.2 Å². The minimum absolute atomic E-state index is 0.0801. The summed E-state index contributed by atoms with van der Waals surface area (Å²) in [4.78, 5) is 14.5. The Labute approximate surface area is 167 Å². The molecule has 28 heavy (non-hydrogen) atoms. The summed E-state index contributed by atoms with van der Waals surface area (Å²) >= 11 is 1.46. The van der Waals surface area contributed by atoms with E-state index in [4.69, 9.17) is 4.74 Å². The van der Waals surface area contributed by atoms with E-state index in [0.29, 0.717) is 4.88 Å². The van der Waals surface area contributed by atoms with E-state index < -0.39 is 0 Å². The highest BCUT2D eigenvalue weighted by atomic mass is 32.1. The number of amides is 1. The molecule has 1 atom stereocenters. The molecular formula is C22H21N3O2S. The van der Waals surface area contributed by atoms with Crippen molar-refractivity contribution in [1.82, 2.24) is 15.1 Å². The number of carbonyl (C=O) groups is 1. The van der Waals surface area contributed by atoms with Crippen molar-refractivity contribution in [2.45, 2.75) is 19.9 Å². The van der Waals surface area contributed by atoms with Crippen LogP contribution in [0.25, 0.3) is 15.9 Å². The second-order valence-electron chi connectivity index (χ2n) is 6.63. The van der Waals surface area contributed by atoms with Crippen LogP contribution >= 0.6 is 11.3 Å². The number of ether oxygens (including phenoxy) is 1. The normalized spacial score (nSPS) is 12.1. The quantitative estimate of drug-likeness (QED) is 0.527. The van der Waals surface area contributed by atoms with Gasteiger partial charge in [0, 0.05) is 5.39 Å². The lowest BCUT2D eigenvalue weighted by atomic mass is 10.1. The van der Waals surface area contributed by atoms with Crippen molar-refractivity contribution in [2.75, 3.05) is 7.11 Å². The largest absolute Gasteiger partial charge is 0.497 e. The second-order valence-corrected chi connectivity index (χ2v) is 7.66. The lowest BCUT2D eigenvalue weighted by Crippen LogP contribution is -2.25. The summed E-state index contributed by atoms with van der Waals surface area (Å²) in [6.45, 7) is 3.94. The summed E-state index contributed by atoms with van der Waals surface area (Å²) in [6.07, 6.45) is 0. The standard InChI is InChI=1S/C22H21N3O2S/c1-14(16-9-11-18(27-3)12-10-16)23-21(26)20-13-19-15(2)24-25(22(19)28-20)17-7-5-4-6-8-17/h4-14H,1-3H3,(H,23,26)/t14-/m1/s1. The van der Waals surface area contributed by atoms with Crippen LogP contribution < -0.4 is 10.1 Å². The number of nitrogens with zero attached hydrogens (tertiary/aromatic N) is 2. The Morgan fingerprint density at radius 2 is 1.86 bits per heavy atom. The van der Waals surface area contributed by atoms with Gasteiger partial charge in [0.2, 0.25) is 0 Å². The lowest BCUT2D eigenvalue weighted by Gasteiger charge is -2.14. The SMILES string of the molecule is COc1ccc([C@@H](C)NC(=O)c2cc3c(C)nn(-c4ccccc4)c3s2)cc1. The molecule has 0 radical (unpaired) electrons. The molecule has 2 aromatic carbocycles. The molecule has 0 bridgehead atoms. The van der Waals surface area contributed by atoms with Crippen molar-refractivity contribution < 1.29 is 9.53 Å². The molecule has 1 amide bonds. The Balaban J connectivity index is 1.59. The number of benzene rings is 2. The van der Waals surface area contributed by atoms with Gasteiger partial charge in [-0.3, -0.25) is 4.79 Å². The van der Waals surface area contributed by atoms with Crippen LogP contribution in [0.1, 0.15) is 33.9 Å². The van der Waals surface area contributed by atoms with Gasteiger partial charge < -0.3 is 10.1 Å². The Morgan fingerprint density at radius 1 is 1.14 bits per heavy atom. The highest BCUT2D eigenvalue weighted by Gasteiger charge is 2.18. The van der Waals surface area contributed by atoms with Crippen LogP contribution in [0.2, 0.25) is 0 Å². The van der Waals surface area contributed by atoms with Gasteiger partial charge in [-0.15, -0.1) is 11.3 Å². The minimum Gasteiger partial charge on any atom is -0.497 e. The number of aromatic nitrogens is 2. The fourth-order valence-electron chi connectivity index (χ4n) is 3.15. The average molecular weight is 391 g/mol. The molecule has 0 saturated carbocycles. The third-order valence-electron chi connectivity index (χ3n) is 4.73. The smallest absolute Gasteiger partial charge is 0.261 e. The van der Waals surface area contributed by atoms with Gasteiger partial charge in [-0.05, 0) is 49.7 Å². The van der Waals surface area contributed by atoms with Crippen LogP contribution in [0.4, 0.5) is 0 Å². The third kappa shape index (κ3) is 3.39. The molecule has 5 nitrogen and oxygen atoms in total. The first kappa shape index (κ1) is 18.3. The molecule has 0 saturated heterocycles. The van der Waals surface area contributed by atoms with E-state index in [0.717, 1.165) is 32.9 Å². The molecule has 0 aliphatic rings. The van der Waals surface area contributed by atoms with E-state index >= 15 is 0 Å². The van der Waals surface area contributed by atoms with Crippen molar-refractivity contribution in [3.63, 3.8) is 0 Å². The molecule has 2 heterocycles. The predicted octanol–water partition coefficient (Wildman–Crippen LogP) is 4.90. The molecule has 142 valence electrons. The van der Waals surface area contributed by atoms with Gasteiger partial charge in [-0.2, -0.15) is 5.10 Å². The van der Waals surface area contributed by atoms with Crippen LogP contribution in [0.5, 0.6) is 5.75 Å². The summed E-state index contributed by atoms with van der Waals surface area (Å²) in [7, 11) is 1.64. The molecule has 0 aliphatic heterocycles. The Hall–Kier alpha value is -3.12. The average Bonchev–Trinajstić information content (AvgIpc) is 3.29. The molecule has 4 rings (SSSR count). The predicted molar refractivity (Wildman–Crippen MR) is 113 cm³/mol. The second kappa shape index (κ2) is 7.48. The first-order valence-electron chi connectivity index (χ1n) is 9.06. The van der Waals surface area contributed by atoms with Gasteiger partial charge in [-0.1, -0.05) is 30.3 Å². The number of methoxy groups -OCH3 is 1. The van der Waals surface area contributed by atoms with E-state index in [2.05, 4.69) is 10.4 Å². The number of rotatable bonds is 5. The van der Waals surface area contributed by atoms with Crippen LogP contribution in [-0.4, -0.2) is 22.8 Å². The summed E-state index contributed by atoms with van der Waals surface area (Å²) in [5.74, 6) is 0.719. The van der Waals surface area contributed by atoms with Crippen LogP contribution in [0.15, 0.2) is 60.7 Å². The third-order valence-corrected chi connectivity index (χ3v) is 5.84. The van der Waals surface area contributed by atoms with Crippen molar-refractivity contribution in [3.05, 3.63) is 76.8 Å². The monoisotopic (exact) mass is 391 g/mol. The molecule has 0 spiro atoms. The Kier molecular flexibility index (Phi) is 4.88. The van der Waals surface area contributed by atoms with E-state index in [-0.39, 0.29) is 11.9 Å². The maximum atomic E-state index is 12.8. The molecule has 0 unspecified atom stereocenters. The highest BCUT2D eigenvalue weighted by molar-refractivity contribution is 7.20. The maximum Gasteiger partial charge on any atom is 0.261 e. The Bertz CT molecular complexity index is 1110. The van der Waals surface area contributed by atoms with Gasteiger partial charge in [0.25, 0.3) is 5.91 Å². The van der Waals surface area contributed by atoms with Gasteiger partial charge >= 0.3 is 0 Å². The fraction of sp³-hybridized carbons (Fsp3) is 0.182. The number of hydrogen-bond acceptors (Lipinski definition) is 4. The first-order chi connectivity index (χ1) is 13.6. The van der Waals surface area contributed by atoms with E-state index in [9.17, 15) is 4.79 Å². The van der Waals surface area contributed by atoms with Crippen molar-refractivity contribution >= 4 is 27.5 Å². The first-order valence-corrected chi connectivity index (χ1v) is 9.88. The Morgan fingerprint density at radius 3 is 2.54 bits per heavy atom. The summed E-state index contributed by atoms with van der Waals surface area (Å²) in [6, 6.07) is 19.5. The lowest BCUT2D eigenvalue weighted by molar-refractivity contribution is 0.0944. The molecule has 6 heteroatoms.